The van der Waals surface area contributed by atoms with Crippen LogP contribution in [0.5, 0.6) is 0 Å². The number of nitriles is 1. The number of rotatable bonds is 1. The SMILES string of the molecule is CC(C#N)c1nc2cnccc2s1. The molecule has 2 aromatic heterocycles. The normalized spacial score (nSPS) is 12.6. The van der Waals surface area contributed by atoms with E-state index in [0.29, 0.717) is 0 Å². The Morgan fingerprint density at radius 1 is 1.62 bits per heavy atom. The standard InChI is InChI=1S/C9H7N3S/c1-6(4-10)9-12-7-5-11-3-2-8(7)13-9/h2-3,5-6H,1H3. The van der Waals surface area contributed by atoms with Crippen molar-refractivity contribution in [3.05, 3.63) is 23.5 Å². The number of fused-ring (bicyclic) bond motifs is 1. The first-order valence-electron chi connectivity index (χ1n) is 3.91. The van der Waals surface area contributed by atoms with E-state index in [1.807, 2.05) is 13.0 Å². The summed E-state index contributed by atoms with van der Waals surface area (Å²) in [5.41, 5.74) is 0.879. The zero-order chi connectivity index (χ0) is 9.26. The number of hydrogen-bond donors (Lipinski definition) is 0. The minimum Gasteiger partial charge on any atom is -0.262 e. The van der Waals surface area contributed by atoms with Gasteiger partial charge in [-0.3, -0.25) is 4.98 Å². The van der Waals surface area contributed by atoms with Gasteiger partial charge < -0.3 is 0 Å². The lowest BCUT2D eigenvalue weighted by atomic mass is 10.2. The molecule has 4 heteroatoms. The van der Waals surface area contributed by atoms with Crippen molar-refractivity contribution in [2.24, 2.45) is 0 Å². The number of nitrogens with zero attached hydrogens (tertiary/aromatic N) is 3. The highest BCUT2D eigenvalue weighted by atomic mass is 32.1. The summed E-state index contributed by atoms with van der Waals surface area (Å²) in [6, 6.07) is 4.09. The average molecular weight is 189 g/mol. The Morgan fingerprint density at radius 3 is 3.15 bits per heavy atom. The van der Waals surface area contributed by atoms with Crippen molar-refractivity contribution in [3.8, 4) is 6.07 Å². The Bertz CT molecular complexity index is 436. The molecular formula is C9H7N3S. The fraction of sp³-hybridized carbons (Fsp3) is 0.222. The largest absolute Gasteiger partial charge is 0.262 e. The van der Waals surface area contributed by atoms with Crippen molar-refractivity contribution in [2.45, 2.75) is 12.8 Å². The van der Waals surface area contributed by atoms with Crippen LogP contribution in [0.4, 0.5) is 0 Å². The van der Waals surface area contributed by atoms with E-state index in [9.17, 15) is 0 Å². The van der Waals surface area contributed by atoms with E-state index in [0.717, 1.165) is 15.2 Å². The molecule has 64 valence electrons. The molecule has 0 aliphatic rings. The van der Waals surface area contributed by atoms with Gasteiger partial charge in [-0.25, -0.2) is 4.98 Å². The van der Waals surface area contributed by atoms with Gasteiger partial charge in [0.15, 0.2) is 0 Å². The lowest BCUT2D eigenvalue weighted by molar-refractivity contribution is 0.965. The molecule has 2 heterocycles. The van der Waals surface area contributed by atoms with E-state index in [1.54, 1.807) is 23.7 Å². The fourth-order valence-electron chi connectivity index (χ4n) is 1.04. The molecule has 0 aliphatic carbocycles. The van der Waals surface area contributed by atoms with Crippen molar-refractivity contribution >= 4 is 21.6 Å². The molecule has 0 fully saturated rings. The third-order valence-electron chi connectivity index (χ3n) is 1.77. The topological polar surface area (TPSA) is 49.6 Å². The van der Waals surface area contributed by atoms with E-state index >= 15 is 0 Å². The highest BCUT2D eigenvalue weighted by molar-refractivity contribution is 7.18. The van der Waals surface area contributed by atoms with Crippen LogP contribution in [-0.4, -0.2) is 9.97 Å². The zero-order valence-electron chi connectivity index (χ0n) is 7.06. The molecular weight excluding hydrogens is 182 g/mol. The minimum atomic E-state index is -0.127. The lowest BCUT2D eigenvalue weighted by Crippen LogP contribution is -1.86. The van der Waals surface area contributed by atoms with Gasteiger partial charge in [0.25, 0.3) is 0 Å². The number of thiazole rings is 1. The van der Waals surface area contributed by atoms with Gasteiger partial charge >= 0.3 is 0 Å². The predicted molar refractivity (Wildman–Crippen MR) is 51.4 cm³/mol. The molecule has 3 nitrogen and oxygen atoms in total. The molecule has 1 unspecified atom stereocenters. The minimum absolute atomic E-state index is 0.127. The van der Waals surface area contributed by atoms with E-state index < -0.39 is 0 Å². The monoisotopic (exact) mass is 189 g/mol. The van der Waals surface area contributed by atoms with Gasteiger partial charge in [-0.2, -0.15) is 5.26 Å². The quantitative estimate of drug-likeness (QED) is 0.691. The maximum Gasteiger partial charge on any atom is 0.111 e. The van der Waals surface area contributed by atoms with Crippen LogP contribution in [0.25, 0.3) is 10.2 Å². The summed E-state index contributed by atoms with van der Waals surface area (Å²) in [7, 11) is 0. The molecule has 13 heavy (non-hydrogen) atoms. The van der Waals surface area contributed by atoms with E-state index in [1.165, 1.54) is 0 Å². The first-order valence-corrected chi connectivity index (χ1v) is 4.73. The summed E-state index contributed by atoms with van der Waals surface area (Å²) < 4.78 is 1.09. The number of aromatic nitrogens is 2. The molecule has 0 amide bonds. The molecule has 0 spiro atoms. The fourth-order valence-corrected chi connectivity index (χ4v) is 1.97. The van der Waals surface area contributed by atoms with Gasteiger partial charge in [-0.15, -0.1) is 11.3 Å². The predicted octanol–water partition coefficient (Wildman–Crippen LogP) is 2.32. The third kappa shape index (κ3) is 1.38. The van der Waals surface area contributed by atoms with Crippen LogP contribution in [-0.2, 0) is 0 Å². The number of pyridine rings is 1. The number of hydrogen-bond acceptors (Lipinski definition) is 4. The molecule has 2 rings (SSSR count). The van der Waals surface area contributed by atoms with E-state index in [2.05, 4.69) is 16.0 Å². The van der Waals surface area contributed by atoms with Gasteiger partial charge in [0.2, 0.25) is 0 Å². The molecule has 0 radical (unpaired) electrons. The lowest BCUT2D eigenvalue weighted by Gasteiger charge is -1.91. The first kappa shape index (κ1) is 8.14. The molecule has 0 aromatic carbocycles. The van der Waals surface area contributed by atoms with Crippen LogP contribution in [0.2, 0.25) is 0 Å². The van der Waals surface area contributed by atoms with Crippen LogP contribution < -0.4 is 0 Å². The molecule has 0 aliphatic heterocycles. The van der Waals surface area contributed by atoms with Crippen molar-refractivity contribution in [1.29, 1.82) is 5.26 Å². The summed E-state index contributed by atoms with van der Waals surface area (Å²) in [5, 5.41) is 9.58. The van der Waals surface area contributed by atoms with Gasteiger partial charge in [0.1, 0.15) is 5.01 Å². The summed E-state index contributed by atoms with van der Waals surface area (Å²) in [4.78, 5) is 8.29. The van der Waals surface area contributed by atoms with Crippen LogP contribution in [0, 0.1) is 11.3 Å². The molecule has 0 N–H and O–H groups in total. The van der Waals surface area contributed by atoms with Crippen LogP contribution >= 0.6 is 11.3 Å². The molecule has 0 saturated carbocycles. The molecule has 2 aromatic rings. The smallest absolute Gasteiger partial charge is 0.111 e. The Kier molecular flexibility index (Phi) is 1.95. The molecule has 1 atom stereocenters. The zero-order valence-corrected chi connectivity index (χ0v) is 7.88. The Balaban J connectivity index is 2.57. The maximum absolute atomic E-state index is 8.71. The third-order valence-corrected chi connectivity index (χ3v) is 2.99. The van der Waals surface area contributed by atoms with Gasteiger partial charge in [0.05, 0.1) is 28.4 Å². The Morgan fingerprint density at radius 2 is 2.46 bits per heavy atom. The molecule has 0 bridgehead atoms. The summed E-state index contributed by atoms with van der Waals surface area (Å²) in [6.45, 7) is 1.85. The summed E-state index contributed by atoms with van der Waals surface area (Å²) >= 11 is 1.56. The van der Waals surface area contributed by atoms with Crippen molar-refractivity contribution < 1.29 is 0 Å². The van der Waals surface area contributed by atoms with Gasteiger partial charge in [-0.05, 0) is 13.0 Å². The Hall–Kier alpha value is -1.47. The second kappa shape index (κ2) is 3.11. The highest BCUT2D eigenvalue weighted by Gasteiger charge is 2.09. The average Bonchev–Trinajstić information content (AvgIpc) is 2.59. The first-order chi connectivity index (χ1) is 6.31. The van der Waals surface area contributed by atoms with Crippen molar-refractivity contribution in [3.63, 3.8) is 0 Å². The Labute approximate surface area is 79.7 Å². The van der Waals surface area contributed by atoms with Crippen molar-refractivity contribution in [1.82, 2.24) is 9.97 Å². The van der Waals surface area contributed by atoms with Crippen LogP contribution in [0.1, 0.15) is 17.8 Å². The second-order valence-corrected chi connectivity index (χ2v) is 3.81. The van der Waals surface area contributed by atoms with Crippen molar-refractivity contribution in [2.75, 3.05) is 0 Å². The maximum atomic E-state index is 8.71. The summed E-state index contributed by atoms with van der Waals surface area (Å²) in [5.74, 6) is -0.127. The molecule has 0 saturated heterocycles. The van der Waals surface area contributed by atoms with Crippen LogP contribution in [0.3, 0.4) is 0 Å². The van der Waals surface area contributed by atoms with Crippen LogP contribution in [0.15, 0.2) is 18.5 Å². The highest BCUT2D eigenvalue weighted by Crippen LogP contribution is 2.25. The van der Waals surface area contributed by atoms with Gasteiger partial charge in [-0.1, -0.05) is 0 Å². The summed E-state index contributed by atoms with van der Waals surface area (Å²) in [6.07, 6.45) is 3.46. The van der Waals surface area contributed by atoms with E-state index in [4.69, 9.17) is 5.26 Å². The van der Waals surface area contributed by atoms with Gasteiger partial charge in [0, 0.05) is 6.20 Å². The van der Waals surface area contributed by atoms with E-state index in [-0.39, 0.29) is 5.92 Å². The second-order valence-electron chi connectivity index (χ2n) is 2.75.